The highest BCUT2D eigenvalue weighted by Gasteiger charge is 2.21. The minimum atomic E-state index is -0.642. The first-order valence-corrected chi connectivity index (χ1v) is 5.96. The molecule has 0 aromatic heterocycles. The van der Waals surface area contributed by atoms with E-state index in [2.05, 4.69) is 21.2 Å². The molecule has 0 saturated heterocycles. The summed E-state index contributed by atoms with van der Waals surface area (Å²) >= 11 is 3.31. The van der Waals surface area contributed by atoms with E-state index in [0.29, 0.717) is 15.8 Å². The maximum absolute atomic E-state index is 11.9. The molecule has 0 radical (unpaired) electrons. The summed E-state index contributed by atoms with van der Waals surface area (Å²) < 4.78 is 5.71. The first-order valence-electron chi connectivity index (χ1n) is 5.16. The van der Waals surface area contributed by atoms with Crippen LogP contribution in [0.2, 0.25) is 0 Å². The lowest BCUT2D eigenvalue weighted by Gasteiger charge is -2.23. The molecular formula is C12H16BrNO3. The van der Waals surface area contributed by atoms with Gasteiger partial charge in [-0.1, -0.05) is 0 Å². The SMILES string of the molecule is COc1ccc(C(=O)NC(C)(C)CO)c(Br)c1. The maximum atomic E-state index is 11.9. The van der Waals surface area contributed by atoms with Gasteiger partial charge in [-0.05, 0) is 48.0 Å². The number of ether oxygens (including phenoxy) is 1. The third-order valence-corrected chi connectivity index (χ3v) is 2.92. The fraction of sp³-hybridized carbons (Fsp3) is 0.417. The summed E-state index contributed by atoms with van der Waals surface area (Å²) in [6.07, 6.45) is 0. The molecule has 0 heterocycles. The Morgan fingerprint density at radius 2 is 2.18 bits per heavy atom. The van der Waals surface area contributed by atoms with Crippen LogP contribution in [0.15, 0.2) is 22.7 Å². The highest BCUT2D eigenvalue weighted by atomic mass is 79.9. The monoisotopic (exact) mass is 301 g/mol. The Morgan fingerprint density at radius 1 is 1.53 bits per heavy atom. The second-order valence-corrected chi connectivity index (χ2v) is 5.20. The maximum Gasteiger partial charge on any atom is 0.252 e. The van der Waals surface area contributed by atoms with Gasteiger partial charge in [-0.2, -0.15) is 0 Å². The molecule has 1 amide bonds. The molecule has 0 atom stereocenters. The van der Waals surface area contributed by atoms with E-state index >= 15 is 0 Å². The van der Waals surface area contributed by atoms with Gasteiger partial charge in [0.15, 0.2) is 0 Å². The van der Waals surface area contributed by atoms with Crippen LogP contribution in [0.4, 0.5) is 0 Å². The third-order valence-electron chi connectivity index (χ3n) is 2.27. The van der Waals surface area contributed by atoms with E-state index in [1.54, 1.807) is 39.2 Å². The van der Waals surface area contributed by atoms with Crippen LogP contribution in [-0.4, -0.2) is 30.3 Å². The Morgan fingerprint density at radius 3 is 2.65 bits per heavy atom. The molecule has 0 spiro atoms. The zero-order valence-electron chi connectivity index (χ0n) is 10.1. The molecule has 0 bridgehead atoms. The second-order valence-electron chi connectivity index (χ2n) is 4.34. The van der Waals surface area contributed by atoms with E-state index in [-0.39, 0.29) is 12.5 Å². The van der Waals surface area contributed by atoms with Crippen LogP contribution in [-0.2, 0) is 0 Å². The number of benzene rings is 1. The molecule has 5 heteroatoms. The van der Waals surface area contributed by atoms with E-state index in [4.69, 9.17) is 9.84 Å². The number of halogens is 1. The van der Waals surface area contributed by atoms with Crippen LogP contribution < -0.4 is 10.1 Å². The van der Waals surface area contributed by atoms with Crippen LogP contribution in [0.5, 0.6) is 5.75 Å². The molecule has 17 heavy (non-hydrogen) atoms. The zero-order chi connectivity index (χ0) is 13.1. The normalized spacial score (nSPS) is 11.1. The number of amides is 1. The number of nitrogens with one attached hydrogen (secondary N) is 1. The third kappa shape index (κ3) is 3.71. The van der Waals surface area contributed by atoms with E-state index in [9.17, 15) is 4.79 Å². The average Bonchev–Trinajstić information content (AvgIpc) is 2.28. The minimum Gasteiger partial charge on any atom is -0.497 e. The van der Waals surface area contributed by atoms with Gasteiger partial charge in [-0.15, -0.1) is 0 Å². The molecule has 1 aromatic carbocycles. The summed E-state index contributed by atoms with van der Waals surface area (Å²) in [6, 6.07) is 5.11. The lowest BCUT2D eigenvalue weighted by Crippen LogP contribution is -2.46. The van der Waals surface area contributed by atoms with Crippen molar-refractivity contribution in [2.45, 2.75) is 19.4 Å². The molecule has 1 aromatic rings. The van der Waals surface area contributed by atoms with Crippen molar-refractivity contribution < 1.29 is 14.6 Å². The quantitative estimate of drug-likeness (QED) is 0.894. The number of hydrogen-bond acceptors (Lipinski definition) is 3. The molecule has 0 aliphatic carbocycles. The highest BCUT2D eigenvalue weighted by Crippen LogP contribution is 2.23. The molecule has 1 rings (SSSR count). The zero-order valence-corrected chi connectivity index (χ0v) is 11.7. The predicted molar refractivity (Wildman–Crippen MR) is 69.3 cm³/mol. The Kier molecular flexibility index (Phi) is 4.54. The van der Waals surface area contributed by atoms with Crippen LogP contribution in [0.3, 0.4) is 0 Å². The molecular weight excluding hydrogens is 286 g/mol. The average molecular weight is 302 g/mol. The summed E-state index contributed by atoms with van der Waals surface area (Å²) in [5, 5.41) is 11.8. The molecule has 4 nitrogen and oxygen atoms in total. The Bertz CT molecular complexity index is 418. The van der Waals surface area contributed by atoms with E-state index < -0.39 is 5.54 Å². The van der Waals surface area contributed by atoms with Crippen molar-refractivity contribution in [2.24, 2.45) is 0 Å². The summed E-state index contributed by atoms with van der Waals surface area (Å²) in [5.74, 6) is 0.438. The van der Waals surface area contributed by atoms with Gasteiger partial charge in [-0.25, -0.2) is 0 Å². The molecule has 0 aliphatic heterocycles. The van der Waals surface area contributed by atoms with Crippen molar-refractivity contribution >= 4 is 21.8 Å². The Labute approximate surface area is 109 Å². The number of aliphatic hydroxyl groups excluding tert-OH is 1. The highest BCUT2D eigenvalue weighted by molar-refractivity contribution is 9.10. The van der Waals surface area contributed by atoms with Crippen LogP contribution in [0, 0.1) is 0 Å². The van der Waals surface area contributed by atoms with Gasteiger partial charge in [0, 0.05) is 4.47 Å². The number of rotatable bonds is 4. The van der Waals surface area contributed by atoms with Crippen molar-refractivity contribution in [3.05, 3.63) is 28.2 Å². The topological polar surface area (TPSA) is 58.6 Å². The lowest BCUT2D eigenvalue weighted by atomic mass is 10.1. The van der Waals surface area contributed by atoms with Gasteiger partial charge in [0.05, 0.1) is 24.8 Å². The van der Waals surface area contributed by atoms with Gasteiger partial charge in [0.2, 0.25) is 0 Å². The molecule has 2 N–H and O–H groups in total. The lowest BCUT2D eigenvalue weighted by molar-refractivity contribution is 0.0868. The second kappa shape index (κ2) is 5.51. The Balaban J connectivity index is 2.90. The van der Waals surface area contributed by atoms with Gasteiger partial charge < -0.3 is 15.2 Å². The van der Waals surface area contributed by atoms with Crippen LogP contribution in [0.25, 0.3) is 0 Å². The van der Waals surface area contributed by atoms with Gasteiger partial charge in [0.1, 0.15) is 5.75 Å². The van der Waals surface area contributed by atoms with E-state index in [0.717, 1.165) is 0 Å². The van der Waals surface area contributed by atoms with Crippen molar-refractivity contribution in [3.63, 3.8) is 0 Å². The smallest absolute Gasteiger partial charge is 0.252 e. The van der Waals surface area contributed by atoms with Gasteiger partial charge >= 0.3 is 0 Å². The van der Waals surface area contributed by atoms with Crippen molar-refractivity contribution in [1.82, 2.24) is 5.32 Å². The predicted octanol–water partition coefficient (Wildman–Crippen LogP) is 1.96. The van der Waals surface area contributed by atoms with Crippen molar-refractivity contribution in [1.29, 1.82) is 0 Å². The number of carbonyl (C=O) groups is 1. The fourth-order valence-corrected chi connectivity index (χ4v) is 1.76. The number of aliphatic hydroxyl groups is 1. The van der Waals surface area contributed by atoms with Crippen molar-refractivity contribution in [3.8, 4) is 5.75 Å². The molecule has 0 unspecified atom stereocenters. The summed E-state index contributed by atoms with van der Waals surface area (Å²) in [5.41, 5.74) is -0.136. The molecule has 0 fully saturated rings. The number of carbonyl (C=O) groups excluding carboxylic acids is 1. The van der Waals surface area contributed by atoms with Crippen LogP contribution >= 0.6 is 15.9 Å². The molecule has 0 saturated carbocycles. The van der Waals surface area contributed by atoms with Gasteiger partial charge in [-0.3, -0.25) is 4.79 Å². The summed E-state index contributed by atoms with van der Waals surface area (Å²) in [6.45, 7) is 3.39. The molecule has 94 valence electrons. The van der Waals surface area contributed by atoms with Crippen molar-refractivity contribution in [2.75, 3.05) is 13.7 Å². The summed E-state index contributed by atoms with van der Waals surface area (Å²) in [4.78, 5) is 11.9. The van der Waals surface area contributed by atoms with Crippen LogP contribution in [0.1, 0.15) is 24.2 Å². The van der Waals surface area contributed by atoms with E-state index in [1.807, 2.05) is 0 Å². The molecule has 0 aliphatic rings. The summed E-state index contributed by atoms with van der Waals surface area (Å²) in [7, 11) is 1.57. The number of methoxy groups -OCH3 is 1. The largest absolute Gasteiger partial charge is 0.497 e. The standard InChI is InChI=1S/C12H16BrNO3/c1-12(2,7-15)14-11(16)9-5-4-8(17-3)6-10(9)13/h4-6,15H,7H2,1-3H3,(H,14,16). The number of hydrogen-bond donors (Lipinski definition) is 2. The first-order chi connectivity index (χ1) is 7.89. The first kappa shape index (κ1) is 14.0. The van der Waals surface area contributed by atoms with E-state index in [1.165, 1.54) is 0 Å². The minimum absolute atomic E-state index is 0.119. The fourth-order valence-electron chi connectivity index (χ4n) is 1.22. The Hall–Kier alpha value is -1.07. The van der Waals surface area contributed by atoms with Gasteiger partial charge in [0.25, 0.3) is 5.91 Å².